The van der Waals surface area contributed by atoms with Crippen LogP contribution in [-0.4, -0.2) is 37.3 Å². The number of aromatic nitrogens is 1. The monoisotopic (exact) mass is 355 g/mol. The van der Waals surface area contributed by atoms with Gasteiger partial charge in [-0.15, -0.1) is 0 Å². The smallest absolute Gasteiger partial charge is 0.245 e. The Kier molecular flexibility index (Phi) is 4.63. The van der Waals surface area contributed by atoms with Crippen LogP contribution in [0.15, 0.2) is 47.6 Å². The molecule has 1 unspecified atom stereocenters. The van der Waals surface area contributed by atoms with E-state index in [1.165, 1.54) is 34.9 Å². The third kappa shape index (κ3) is 3.37. The fourth-order valence-electron chi connectivity index (χ4n) is 2.64. The summed E-state index contributed by atoms with van der Waals surface area (Å²) in [6, 6.07) is 6.87. The molecule has 0 spiro atoms. The maximum atomic E-state index is 13.5. The standard InChI is InChI=1S/C15H15ClFN3O2S/c16-12-7-14(9-19-8-12)23(21,22)20-5-4-18-10-15(20)11-2-1-3-13(17)6-11/h1-3,6-9,15,18H,4-5,10H2. The lowest BCUT2D eigenvalue weighted by Gasteiger charge is -2.35. The predicted octanol–water partition coefficient (Wildman–Crippen LogP) is 2.21. The van der Waals surface area contributed by atoms with Gasteiger partial charge in [-0.3, -0.25) is 4.98 Å². The third-order valence-electron chi connectivity index (χ3n) is 3.71. The number of piperazine rings is 1. The average Bonchev–Trinajstić information content (AvgIpc) is 2.55. The Hall–Kier alpha value is -1.54. The average molecular weight is 356 g/mol. The highest BCUT2D eigenvalue weighted by molar-refractivity contribution is 7.89. The van der Waals surface area contributed by atoms with Crippen LogP contribution in [0.25, 0.3) is 0 Å². The molecule has 2 aromatic rings. The number of nitrogens with one attached hydrogen (secondary N) is 1. The van der Waals surface area contributed by atoms with Crippen molar-refractivity contribution >= 4 is 21.6 Å². The van der Waals surface area contributed by atoms with E-state index in [1.807, 2.05) is 0 Å². The Balaban J connectivity index is 2.01. The minimum Gasteiger partial charge on any atom is -0.313 e. The van der Waals surface area contributed by atoms with Gasteiger partial charge in [-0.1, -0.05) is 23.7 Å². The third-order valence-corrected chi connectivity index (χ3v) is 5.79. The SMILES string of the molecule is O=S(=O)(c1cncc(Cl)c1)N1CCNCC1c1cccc(F)c1. The molecular weight excluding hydrogens is 341 g/mol. The number of hydrogen-bond acceptors (Lipinski definition) is 4. The molecule has 1 aromatic heterocycles. The normalized spacial score (nSPS) is 19.7. The van der Waals surface area contributed by atoms with Crippen LogP contribution in [-0.2, 0) is 10.0 Å². The topological polar surface area (TPSA) is 62.3 Å². The number of benzene rings is 1. The number of hydrogen-bond donors (Lipinski definition) is 1. The van der Waals surface area contributed by atoms with Gasteiger partial charge in [0, 0.05) is 32.0 Å². The summed E-state index contributed by atoms with van der Waals surface area (Å²) in [5, 5.41) is 3.40. The summed E-state index contributed by atoms with van der Waals surface area (Å²) >= 11 is 5.86. The van der Waals surface area contributed by atoms with Gasteiger partial charge in [-0.25, -0.2) is 12.8 Å². The van der Waals surface area contributed by atoms with Crippen LogP contribution in [0.1, 0.15) is 11.6 Å². The molecule has 1 atom stereocenters. The molecule has 1 saturated heterocycles. The van der Waals surface area contributed by atoms with Gasteiger partial charge < -0.3 is 5.32 Å². The van der Waals surface area contributed by atoms with E-state index in [2.05, 4.69) is 10.3 Å². The minimum absolute atomic E-state index is 0.0355. The van der Waals surface area contributed by atoms with Gasteiger partial charge in [0.25, 0.3) is 0 Å². The Morgan fingerprint density at radius 2 is 2.13 bits per heavy atom. The molecule has 23 heavy (non-hydrogen) atoms. The largest absolute Gasteiger partial charge is 0.313 e. The minimum atomic E-state index is -3.77. The lowest BCUT2D eigenvalue weighted by Crippen LogP contribution is -2.48. The van der Waals surface area contributed by atoms with Crippen LogP contribution in [0.3, 0.4) is 0 Å². The molecule has 122 valence electrons. The van der Waals surface area contributed by atoms with E-state index in [1.54, 1.807) is 12.1 Å². The quantitative estimate of drug-likeness (QED) is 0.917. The first-order valence-corrected chi connectivity index (χ1v) is 8.89. The number of halogens is 2. The van der Waals surface area contributed by atoms with Crippen molar-refractivity contribution in [2.24, 2.45) is 0 Å². The van der Waals surface area contributed by atoms with Crippen molar-refractivity contribution < 1.29 is 12.8 Å². The van der Waals surface area contributed by atoms with Crippen LogP contribution in [0, 0.1) is 5.82 Å². The zero-order valence-corrected chi connectivity index (χ0v) is 13.7. The Morgan fingerprint density at radius 1 is 1.30 bits per heavy atom. The van der Waals surface area contributed by atoms with E-state index in [0.29, 0.717) is 18.7 Å². The molecule has 0 radical (unpaired) electrons. The van der Waals surface area contributed by atoms with E-state index < -0.39 is 21.9 Å². The molecule has 1 aliphatic heterocycles. The Labute approximate surface area is 139 Å². The highest BCUT2D eigenvalue weighted by Gasteiger charge is 2.34. The van der Waals surface area contributed by atoms with Crippen molar-refractivity contribution in [3.8, 4) is 0 Å². The second kappa shape index (κ2) is 6.52. The van der Waals surface area contributed by atoms with Crippen LogP contribution < -0.4 is 5.32 Å². The highest BCUT2D eigenvalue weighted by atomic mass is 35.5. The summed E-state index contributed by atoms with van der Waals surface area (Å²) in [6.45, 7) is 1.23. The van der Waals surface area contributed by atoms with Gasteiger partial charge >= 0.3 is 0 Å². The van der Waals surface area contributed by atoms with E-state index in [0.717, 1.165) is 0 Å². The molecule has 1 fully saturated rings. The van der Waals surface area contributed by atoms with E-state index >= 15 is 0 Å². The van der Waals surface area contributed by atoms with Crippen LogP contribution in [0.2, 0.25) is 5.02 Å². The number of nitrogens with zero attached hydrogens (tertiary/aromatic N) is 2. The molecule has 0 bridgehead atoms. The van der Waals surface area contributed by atoms with Gasteiger partial charge in [0.15, 0.2) is 0 Å². The second-order valence-corrected chi connectivity index (χ2v) is 7.56. The van der Waals surface area contributed by atoms with Crippen molar-refractivity contribution in [3.63, 3.8) is 0 Å². The summed E-state index contributed by atoms with van der Waals surface area (Å²) in [5.74, 6) is -0.394. The summed E-state index contributed by atoms with van der Waals surface area (Å²) in [6.07, 6.45) is 2.65. The highest BCUT2D eigenvalue weighted by Crippen LogP contribution is 2.29. The lowest BCUT2D eigenvalue weighted by atomic mass is 10.1. The maximum Gasteiger partial charge on any atom is 0.245 e. The Bertz CT molecular complexity index is 816. The molecule has 0 saturated carbocycles. The van der Waals surface area contributed by atoms with Crippen molar-refractivity contribution in [3.05, 3.63) is 59.1 Å². The summed E-state index contributed by atoms with van der Waals surface area (Å²) < 4.78 is 40.7. The molecule has 8 heteroatoms. The number of pyridine rings is 1. The summed E-state index contributed by atoms with van der Waals surface area (Å²) in [5.41, 5.74) is 0.607. The summed E-state index contributed by atoms with van der Waals surface area (Å²) in [4.78, 5) is 3.88. The van der Waals surface area contributed by atoms with Gasteiger partial charge in [-0.2, -0.15) is 4.31 Å². The van der Waals surface area contributed by atoms with Crippen molar-refractivity contribution in [1.82, 2.24) is 14.6 Å². The zero-order chi connectivity index (χ0) is 16.4. The van der Waals surface area contributed by atoms with Crippen molar-refractivity contribution in [2.75, 3.05) is 19.6 Å². The van der Waals surface area contributed by atoms with E-state index in [-0.39, 0.29) is 16.5 Å². The molecular formula is C15H15ClFN3O2S. The Morgan fingerprint density at radius 3 is 2.87 bits per heavy atom. The maximum absolute atomic E-state index is 13.5. The lowest BCUT2D eigenvalue weighted by molar-refractivity contribution is 0.271. The van der Waals surface area contributed by atoms with Crippen LogP contribution in [0.4, 0.5) is 4.39 Å². The second-order valence-electron chi connectivity index (χ2n) is 5.23. The van der Waals surface area contributed by atoms with E-state index in [9.17, 15) is 12.8 Å². The predicted molar refractivity (Wildman–Crippen MR) is 85.1 cm³/mol. The molecule has 3 rings (SSSR count). The number of sulfonamides is 1. The van der Waals surface area contributed by atoms with Gasteiger partial charge in [0.1, 0.15) is 10.7 Å². The number of rotatable bonds is 3. The van der Waals surface area contributed by atoms with Gasteiger partial charge in [0.05, 0.1) is 11.1 Å². The van der Waals surface area contributed by atoms with Crippen molar-refractivity contribution in [2.45, 2.75) is 10.9 Å². The molecule has 0 aliphatic carbocycles. The fraction of sp³-hybridized carbons (Fsp3) is 0.267. The fourth-order valence-corrected chi connectivity index (χ4v) is 4.48. The molecule has 5 nitrogen and oxygen atoms in total. The van der Waals surface area contributed by atoms with E-state index in [4.69, 9.17) is 11.6 Å². The first-order chi connectivity index (χ1) is 11.0. The molecule has 0 amide bonds. The first kappa shape index (κ1) is 16.3. The first-order valence-electron chi connectivity index (χ1n) is 7.07. The van der Waals surface area contributed by atoms with Crippen molar-refractivity contribution in [1.29, 1.82) is 0 Å². The zero-order valence-electron chi connectivity index (χ0n) is 12.1. The summed E-state index contributed by atoms with van der Waals surface area (Å²) in [7, 11) is -3.77. The molecule has 1 aromatic carbocycles. The molecule has 1 aliphatic rings. The van der Waals surface area contributed by atoms with Gasteiger partial charge in [0.2, 0.25) is 10.0 Å². The van der Waals surface area contributed by atoms with Crippen LogP contribution >= 0.6 is 11.6 Å². The molecule has 2 heterocycles. The molecule has 1 N–H and O–H groups in total. The van der Waals surface area contributed by atoms with Crippen LogP contribution in [0.5, 0.6) is 0 Å². The van der Waals surface area contributed by atoms with Gasteiger partial charge in [-0.05, 0) is 23.8 Å².